The Morgan fingerprint density at radius 2 is 2.00 bits per heavy atom. The Kier molecular flexibility index (Phi) is 4.52. The molecule has 0 spiro atoms. The van der Waals surface area contributed by atoms with Crippen molar-refractivity contribution in [2.75, 3.05) is 12.0 Å². The van der Waals surface area contributed by atoms with E-state index in [1.807, 2.05) is 0 Å². The van der Waals surface area contributed by atoms with Gasteiger partial charge in [-0.25, -0.2) is 17.6 Å². The van der Waals surface area contributed by atoms with Crippen molar-refractivity contribution in [3.05, 3.63) is 29.1 Å². The summed E-state index contributed by atoms with van der Waals surface area (Å²) in [5, 5.41) is 0. The fraction of sp³-hybridized carbons (Fsp3) is 0.417. The number of esters is 1. The molecule has 0 radical (unpaired) electrons. The Labute approximate surface area is 111 Å². The first-order valence-corrected chi connectivity index (χ1v) is 7.63. The minimum Gasteiger partial charge on any atom is -0.459 e. The third-order valence-electron chi connectivity index (χ3n) is 2.27. The minimum absolute atomic E-state index is 0.0336. The lowest BCUT2D eigenvalue weighted by Crippen LogP contribution is -2.16. The van der Waals surface area contributed by atoms with Crippen molar-refractivity contribution in [3.8, 4) is 0 Å². The van der Waals surface area contributed by atoms with Gasteiger partial charge in [0, 0.05) is 11.8 Å². The van der Waals surface area contributed by atoms with Crippen LogP contribution < -0.4 is 5.73 Å². The van der Waals surface area contributed by atoms with E-state index < -0.39 is 27.4 Å². The van der Waals surface area contributed by atoms with Gasteiger partial charge < -0.3 is 10.5 Å². The van der Waals surface area contributed by atoms with Crippen LogP contribution in [0.25, 0.3) is 0 Å². The molecule has 2 N–H and O–H groups in total. The summed E-state index contributed by atoms with van der Waals surface area (Å²) in [4.78, 5) is 11.7. The molecule has 7 heteroatoms. The van der Waals surface area contributed by atoms with E-state index in [1.54, 1.807) is 13.8 Å². The second kappa shape index (κ2) is 5.56. The smallest absolute Gasteiger partial charge is 0.340 e. The third kappa shape index (κ3) is 4.20. The maximum atomic E-state index is 13.6. The van der Waals surface area contributed by atoms with Gasteiger partial charge in [0.25, 0.3) is 0 Å². The highest BCUT2D eigenvalue weighted by molar-refractivity contribution is 7.89. The highest BCUT2D eigenvalue weighted by Gasteiger charge is 2.20. The lowest BCUT2D eigenvalue weighted by molar-refractivity contribution is 0.0379. The zero-order chi connectivity index (χ0) is 14.8. The number of rotatable bonds is 4. The topological polar surface area (TPSA) is 86.5 Å². The zero-order valence-electron chi connectivity index (χ0n) is 10.9. The first-order chi connectivity index (χ1) is 8.61. The van der Waals surface area contributed by atoms with Crippen molar-refractivity contribution in [3.63, 3.8) is 0 Å². The van der Waals surface area contributed by atoms with E-state index in [9.17, 15) is 17.6 Å². The molecule has 0 aliphatic rings. The molecule has 1 rings (SSSR count). The van der Waals surface area contributed by atoms with E-state index in [0.29, 0.717) is 0 Å². The Bertz CT molecular complexity index is 596. The monoisotopic (exact) mass is 289 g/mol. The van der Waals surface area contributed by atoms with Crippen LogP contribution in [0.4, 0.5) is 10.1 Å². The molecule has 0 saturated heterocycles. The molecule has 0 heterocycles. The average Bonchev–Trinajstić information content (AvgIpc) is 2.21. The second-order valence-corrected chi connectivity index (χ2v) is 6.65. The number of hydrogen-bond acceptors (Lipinski definition) is 5. The highest BCUT2D eigenvalue weighted by atomic mass is 32.2. The van der Waals surface area contributed by atoms with Gasteiger partial charge in [-0.1, -0.05) is 0 Å². The van der Waals surface area contributed by atoms with Crippen molar-refractivity contribution in [1.29, 1.82) is 0 Å². The maximum Gasteiger partial charge on any atom is 0.340 e. The molecule has 0 atom stereocenters. The molecule has 0 aliphatic heterocycles. The predicted octanol–water partition coefficient (Wildman–Crippen LogP) is 1.52. The largest absolute Gasteiger partial charge is 0.459 e. The molecule has 1 aromatic carbocycles. The molecule has 106 valence electrons. The molecule has 1 aromatic rings. The third-order valence-corrected chi connectivity index (χ3v) is 3.08. The van der Waals surface area contributed by atoms with Crippen molar-refractivity contribution < 1.29 is 22.3 Å². The average molecular weight is 289 g/mol. The van der Waals surface area contributed by atoms with Gasteiger partial charge >= 0.3 is 5.97 Å². The highest BCUT2D eigenvalue weighted by Crippen LogP contribution is 2.24. The minimum atomic E-state index is -3.46. The molecule has 19 heavy (non-hydrogen) atoms. The Morgan fingerprint density at radius 3 is 2.47 bits per heavy atom. The quantitative estimate of drug-likeness (QED) is 0.671. The van der Waals surface area contributed by atoms with Crippen LogP contribution in [0, 0.1) is 5.82 Å². The van der Waals surface area contributed by atoms with E-state index in [0.717, 1.165) is 12.3 Å². The van der Waals surface area contributed by atoms with Crippen molar-refractivity contribution in [2.24, 2.45) is 0 Å². The standard InChI is InChI=1S/C12H16FNO4S/c1-7(2)18-12(15)8-4-5-10(13)9(11(8)14)6-19(3,16)17/h4-5,7H,6,14H2,1-3H3. The number of halogens is 1. The van der Waals surface area contributed by atoms with Gasteiger partial charge in [0.2, 0.25) is 0 Å². The van der Waals surface area contributed by atoms with Crippen LogP contribution in [0.2, 0.25) is 0 Å². The summed E-state index contributed by atoms with van der Waals surface area (Å²) in [5.41, 5.74) is 5.22. The van der Waals surface area contributed by atoms with Gasteiger partial charge in [-0.3, -0.25) is 0 Å². The molecular weight excluding hydrogens is 273 g/mol. The molecule has 0 amide bonds. The number of anilines is 1. The SMILES string of the molecule is CC(C)OC(=O)c1ccc(F)c(CS(C)(=O)=O)c1N. The summed E-state index contributed by atoms with van der Waals surface area (Å²) in [6, 6.07) is 2.19. The second-order valence-electron chi connectivity index (χ2n) is 4.51. The van der Waals surface area contributed by atoms with Gasteiger partial charge in [0.15, 0.2) is 9.84 Å². The number of nitrogens with two attached hydrogens (primary N) is 1. The number of sulfone groups is 1. The van der Waals surface area contributed by atoms with Gasteiger partial charge in [0.05, 0.1) is 23.1 Å². The van der Waals surface area contributed by atoms with E-state index in [4.69, 9.17) is 10.5 Å². The summed E-state index contributed by atoms with van der Waals surface area (Å²) >= 11 is 0. The van der Waals surface area contributed by atoms with Gasteiger partial charge in [-0.2, -0.15) is 0 Å². The maximum absolute atomic E-state index is 13.6. The number of nitrogen functional groups attached to an aromatic ring is 1. The van der Waals surface area contributed by atoms with Crippen LogP contribution in [0.1, 0.15) is 29.8 Å². The summed E-state index contributed by atoms with van der Waals surface area (Å²) in [6.45, 7) is 3.32. The van der Waals surface area contributed by atoms with E-state index in [1.165, 1.54) is 6.07 Å². The predicted molar refractivity (Wildman–Crippen MR) is 69.9 cm³/mol. The molecule has 0 saturated carbocycles. The molecule has 0 fully saturated rings. The van der Waals surface area contributed by atoms with Gasteiger partial charge in [0.1, 0.15) is 5.82 Å². The van der Waals surface area contributed by atoms with Crippen LogP contribution in [-0.4, -0.2) is 26.7 Å². The number of hydrogen-bond donors (Lipinski definition) is 1. The molecule has 0 bridgehead atoms. The van der Waals surface area contributed by atoms with Crippen LogP contribution in [0.5, 0.6) is 0 Å². The van der Waals surface area contributed by atoms with Crippen molar-refractivity contribution in [2.45, 2.75) is 25.7 Å². The zero-order valence-corrected chi connectivity index (χ0v) is 11.8. The van der Waals surface area contributed by atoms with Crippen molar-refractivity contribution >= 4 is 21.5 Å². The van der Waals surface area contributed by atoms with Crippen LogP contribution in [-0.2, 0) is 20.3 Å². The molecule has 0 aromatic heterocycles. The molecular formula is C12H16FNO4S. The molecule has 0 aliphatic carbocycles. The fourth-order valence-electron chi connectivity index (χ4n) is 1.50. The summed E-state index contributed by atoms with van der Waals surface area (Å²) < 4.78 is 41.0. The lowest BCUT2D eigenvalue weighted by atomic mass is 10.1. The van der Waals surface area contributed by atoms with E-state index in [2.05, 4.69) is 0 Å². The number of ether oxygens (including phenoxy) is 1. The first kappa shape index (κ1) is 15.4. The Balaban J connectivity index is 3.24. The first-order valence-electron chi connectivity index (χ1n) is 5.57. The summed E-state index contributed by atoms with van der Waals surface area (Å²) in [6.07, 6.45) is 0.612. The summed E-state index contributed by atoms with van der Waals surface area (Å²) in [7, 11) is -3.46. The Hall–Kier alpha value is -1.63. The number of carbonyl (C=O) groups is 1. The van der Waals surface area contributed by atoms with Crippen LogP contribution in [0.15, 0.2) is 12.1 Å². The van der Waals surface area contributed by atoms with Gasteiger partial charge in [-0.05, 0) is 26.0 Å². The lowest BCUT2D eigenvalue weighted by Gasteiger charge is -2.13. The molecule has 5 nitrogen and oxygen atoms in total. The van der Waals surface area contributed by atoms with Crippen LogP contribution in [0.3, 0.4) is 0 Å². The molecule has 0 unspecified atom stereocenters. The van der Waals surface area contributed by atoms with Crippen molar-refractivity contribution in [1.82, 2.24) is 0 Å². The normalized spacial score (nSPS) is 11.6. The van der Waals surface area contributed by atoms with E-state index in [-0.39, 0.29) is 22.9 Å². The van der Waals surface area contributed by atoms with Crippen LogP contribution >= 0.6 is 0 Å². The number of benzene rings is 1. The fourth-order valence-corrected chi connectivity index (χ4v) is 2.32. The van der Waals surface area contributed by atoms with E-state index >= 15 is 0 Å². The Morgan fingerprint density at radius 1 is 1.42 bits per heavy atom. The summed E-state index contributed by atoms with van der Waals surface area (Å²) in [5.74, 6) is -2.03. The van der Waals surface area contributed by atoms with Gasteiger partial charge in [-0.15, -0.1) is 0 Å². The number of carbonyl (C=O) groups excluding carboxylic acids is 1.